The van der Waals surface area contributed by atoms with Crippen LogP contribution in [0.1, 0.15) is 11.1 Å². The van der Waals surface area contributed by atoms with Gasteiger partial charge in [0.25, 0.3) is 5.69 Å². The third-order valence-corrected chi connectivity index (χ3v) is 3.94. The van der Waals surface area contributed by atoms with Crippen molar-refractivity contribution >= 4 is 28.1 Å². The lowest BCUT2D eigenvalue weighted by atomic mass is 9.98. The van der Waals surface area contributed by atoms with Gasteiger partial charge in [-0.2, -0.15) is 14.0 Å². The molecule has 27 heavy (non-hydrogen) atoms. The second-order valence-electron chi connectivity index (χ2n) is 5.55. The van der Waals surface area contributed by atoms with E-state index in [1.165, 1.54) is 36.4 Å². The largest absolute Gasteiger partial charge is 0.434 e. The first-order valence-corrected chi connectivity index (χ1v) is 7.83. The Hall–Kier alpha value is -3.79. The van der Waals surface area contributed by atoms with Crippen LogP contribution in [-0.4, -0.2) is 11.5 Å². The molecule has 0 fully saturated rings. The van der Waals surface area contributed by atoms with E-state index in [4.69, 9.17) is 0 Å². The molecule has 0 radical (unpaired) electrons. The molecule has 0 aliphatic carbocycles. The summed E-state index contributed by atoms with van der Waals surface area (Å²) in [5.74, 6) is -0.0571. The van der Waals surface area contributed by atoms with Crippen molar-refractivity contribution in [1.82, 2.24) is 0 Å². The first-order valence-electron chi connectivity index (χ1n) is 7.83. The van der Waals surface area contributed by atoms with Gasteiger partial charge in [0.05, 0.1) is 16.6 Å². The molecular weight excluding hydrogens is 354 g/mol. The fourth-order valence-electron chi connectivity index (χ4n) is 2.71. The first-order chi connectivity index (χ1) is 13.0. The molecule has 3 aromatic carbocycles. The molecule has 7 heteroatoms. The van der Waals surface area contributed by atoms with Crippen molar-refractivity contribution in [2.24, 2.45) is 0 Å². The number of non-ortho nitro benzene ring substituents is 1. The average Bonchev–Trinajstić information content (AvgIpc) is 2.67. The highest BCUT2D eigenvalue weighted by molar-refractivity contribution is 6.00. The molecule has 3 rings (SSSR count). The summed E-state index contributed by atoms with van der Waals surface area (Å²) in [5, 5.41) is 21.7. The predicted octanol–water partition coefficient (Wildman–Crippen LogP) is 5.41. The summed E-state index contributed by atoms with van der Waals surface area (Å²) in [6.45, 7) is -3.01. The highest BCUT2D eigenvalue weighted by Gasteiger charge is 2.14. The molecule has 0 heterocycles. The molecule has 0 unspecified atom stereocenters. The van der Waals surface area contributed by atoms with Crippen LogP contribution < -0.4 is 4.74 Å². The van der Waals surface area contributed by atoms with E-state index in [2.05, 4.69) is 4.74 Å². The van der Waals surface area contributed by atoms with Gasteiger partial charge in [-0.05, 0) is 40.6 Å². The number of fused-ring (bicyclic) bond motifs is 1. The van der Waals surface area contributed by atoms with Crippen molar-refractivity contribution in [2.75, 3.05) is 0 Å². The van der Waals surface area contributed by atoms with Crippen molar-refractivity contribution in [3.63, 3.8) is 0 Å². The zero-order chi connectivity index (χ0) is 19.4. The third kappa shape index (κ3) is 3.90. The standard InChI is InChI=1S/C20H12F2N2O3/c21-20(22)27-19-10-7-14-3-1-2-4-17(14)18(19)11-15(12-23)13-5-8-16(9-6-13)24(25)26/h1-11,20H/b15-11+. The highest BCUT2D eigenvalue weighted by atomic mass is 19.3. The van der Waals surface area contributed by atoms with Crippen LogP contribution in [-0.2, 0) is 0 Å². The van der Waals surface area contributed by atoms with E-state index in [1.807, 2.05) is 18.2 Å². The van der Waals surface area contributed by atoms with Gasteiger partial charge < -0.3 is 4.74 Å². The number of benzene rings is 3. The Kier molecular flexibility index (Phi) is 5.08. The summed E-state index contributed by atoms with van der Waals surface area (Å²) in [4.78, 5) is 10.2. The van der Waals surface area contributed by atoms with E-state index in [-0.39, 0.29) is 17.0 Å². The normalized spacial score (nSPS) is 11.4. The number of hydrogen-bond acceptors (Lipinski definition) is 4. The Labute approximate surface area is 152 Å². The minimum Gasteiger partial charge on any atom is -0.434 e. The number of nitro groups is 1. The zero-order valence-electron chi connectivity index (χ0n) is 13.8. The zero-order valence-corrected chi connectivity index (χ0v) is 13.8. The summed E-state index contributed by atoms with van der Waals surface area (Å²) in [7, 11) is 0. The van der Waals surface area contributed by atoms with E-state index in [9.17, 15) is 24.2 Å². The minimum absolute atomic E-state index is 0.0571. The number of hydrogen-bond donors (Lipinski definition) is 0. The van der Waals surface area contributed by atoms with Crippen LogP contribution >= 0.6 is 0 Å². The van der Waals surface area contributed by atoms with E-state index >= 15 is 0 Å². The summed E-state index contributed by atoms with van der Waals surface area (Å²) < 4.78 is 30.2. The number of nitriles is 1. The Morgan fingerprint density at radius 1 is 1.11 bits per heavy atom. The fraction of sp³-hybridized carbons (Fsp3) is 0.0500. The van der Waals surface area contributed by atoms with Crippen LogP contribution in [0.15, 0.2) is 60.7 Å². The number of rotatable bonds is 5. The SMILES string of the molecule is N#C/C(=C\c1c(OC(F)F)ccc2ccccc12)c1ccc([N+](=O)[O-])cc1. The van der Waals surface area contributed by atoms with Gasteiger partial charge in [0.1, 0.15) is 5.75 Å². The van der Waals surface area contributed by atoms with Crippen LogP contribution in [0, 0.1) is 21.4 Å². The van der Waals surface area contributed by atoms with Crippen molar-refractivity contribution in [3.05, 3.63) is 81.9 Å². The Morgan fingerprint density at radius 2 is 1.81 bits per heavy atom. The maximum Gasteiger partial charge on any atom is 0.387 e. The van der Waals surface area contributed by atoms with Gasteiger partial charge in [0, 0.05) is 17.7 Å². The molecule has 3 aromatic rings. The lowest BCUT2D eigenvalue weighted by Gasteiger charge is -2.12. The van der Waals surface area contributed by atoms with E-state index in [0.29, 0.717) is 16.5 Å². The van der Waals surface area contributed by atoms with Gasteiger partial charge in [-0.15, -0.1) is 0 Å². The van der Waals surface area contributed by atoms with Gasteiger partial charge in [-0.25, -0.2) is 0 Å². The van der Waals surface area contributed by atoms with Crippen LogP contribution in [0.5, 0.6) is 5.75 Å². The Balaban J connectivity index is 2.16. The van der Waals surface area contributed by atoms with E-state index < -0.39 is 11.5 Å². The average molecular weight is 366 g/mol. The fourth-order valence-corrected chi connectivity index (χ4v) is 2.71. The summed E-state index contributed by atoms with van der Waals surface area (Å²) in [5.41, 5.74) is 0.825. The van der Waals surface area contributed by atoms with Gasteiger partial charge in [0.15, 0.2) is 0 Å². The molecule has 0 amide bonds. The molecule has 5 nitrogen and oxygen atoms in total. The van der Waals surface area contributed by atoms with Crippen LogP contribution in [0.4, 0.5) is 14.5 Å². The number of allylic oxidation sites excluding steroid dienone is 1. The Morgan fingerprint density at radius 3 is 2.44 bits per heavy atom. The van der Waals surface area contributed by atoms with Crippen molar-refractivity contribution in [3.8, 4) is 11.8 Å². The maximum absolute atomic E-state index is 12.8. The number of nitro benzene ring substituents is 1. The molecule has 0 saturated heterocycles. The number of halogens is 2. The van der Waals surface area contributed by atoms with Crippen LogP contribution in [0.2, 0.25) is 0 Å². The molecule has 0 N–H and O–H groups in total. The molecule has 0 saturated carbocycles. The molecule has 0 aliphatic rings. The number of alkyl halides is 2. The van der Waals surface area contributed by atoms with Crippen LogP contribution in [0.3, 0.4) is 0 Å². The predicted molar refractivity (Wildman–Crippen MR) is 97.2 cm³/mol. The number of ether oxygens (including phenoxy) is 1. The summed E-state index contributed by atoms with van der Waals surface area (Å²) in [6.07, 6.45) is 1.45. The molecule has 0 atom stereocenters. The monoisotopic (exact) mass is 366 g/mol. The highest BCUT2D eigenvalue weighted by Crippen LogP contribution is 2.33. The van der Waals surface area contributed by atoms with Gasteiger partial charge >= 0.3 is 6.61 Å². The topological polar surface area (TPSA) is 76.2 Å². The lowest BCUT2D eigenvalue weighted by molar-refractivity contribution is -0.384. The van der Waals surface area contributed by atoms with Gasteiger partial charge in [-0.3, -0.25) is 10.1 Å². The second kappa shape index (κ2) is 7.62. The number of nitrogens with zero attached hydrogens (tertiary/aromatic N) is 2. The van der Waals surface area contributed by atoms with Crippen LogP contribution in [0.25, 0.3) is 22.4 Å². The Bertz CT molecular complexity index is 1070. The molecule has 0 aromatic heterocycles. The molecular formula is C20H12F2N2O3. The maximum atomic E-state index is 12.8. The molecule has 0 spiro atoms. The summed E-state index contributed by atoms with van der Waals surface area (Å²) >= 11 is 0. The summed E-state index contributed by atoms with van der Waals surface area (Å²) in [6, 6.07) is 17.6. The molecule has 134 valence electrons. The van der Waals surface area contributed by atoms with Crippen molar-refractivity contribution in [2.45, 2.75) is 6.61 Å². The lowest BCUT2D eigenvalue weighted by Crippen LogP contribution is -2.03. The van der Waals surface area contributed by atoms with Gasteiger partial charge in [0.2, 0.25) is 0 Å². The second-order valence-corrected chi connectivity index (χ2v) is 5.55. The quantitative estimate of drug-likeness (QED) is 0.262. The third-order valence-electron chi connectivity index (χ3n) is 3.94. The van der Waals surface area contributed by atoms with Crippen molar-refractivity contribution in [1.29, 1.82) is 5.26 Å². The van der Waals surface area contributed by atoms with Crippen molar-refractivity contribution < 1.29 is 18.4 Å². The van der Waals surface area contributed by atoms with Gasteiger partial charge in [-0.1, -0.05) is 30.3 Å². The smallest absolute Gasteiger partial charge is 0.387 e. The first kappa shape index (κ1) is 18.0. The van der Waals surface area contributed by atoms with E-state index in [0.717, 1.165) is 5.39 Å². The molecule has 0 aliphatic heterocycles. The van der Waals surface area contributed by atoms with E-state index in [1.54, 1.807) is 18.2 Å². The molecule has 0 bridgehead atoms. The minimum atomic E-state index is -3.01.